The molecule has 1 saturated carbocycles. The Bertz CT molecular complexity index is 1550. The monoisotopic (exact) mass is 734 g/mol. The Balaban J connectivity index is 0.000000636. The zero-order valence-electron chi connectivity index (χ0n) is 33.3. The van der Waals surface area contributed by atoms with E-state index in [4.69, 9.17) is 10.2 Å². The summed E-state index contributed by atoms with van der Waals surface area (Å²) in [5.41, 5.74) is 8.99. The first-order valence-electron chi connectivity index (χ1n) is 17.5. The van der Waals surface area contributed by atoms with Crippen LogP contribution in [-0.2, 0) is 21.7 Å². The number of hydrogen-bond acceptors (Lipinski definition) is 2. The smallest absolute Gasteiger partial charge is 0.508 e. The summed E-state index contributed by atoms with van der Waals surface area (Å²) in [4.78, 5) is 0. The molecule has 0 bridgehead atoms. The van der Waals surface area contributed by atoms with Gasteiger partial charge in [0, 0.05) is 0 Å². The summed E-state index contributed by atoms with van der Waals surface area (Å²) >= 11 is 0. The Hall–Kier alpha value is -3.37. The van der Waals surface area contributed by atoms with Gasteiger partial charge in [-0.2, -0.15) is 0 Å². The van der Waals surface area contributed by atoms with Gasteiger partial charge in [-0.15, -0.1) is 0 Å². The topological polar surface area (TPSA) is 40.5 Å². The van der Waals surface area contributed by atoms with Crippen LogP contribution >= 0.6 is 0 Å². The SMILES string of the molecule is Cc1cc(C)cc([Si](c2cc(C)cc(C)c2)(c2cc(C)cc(C)c2)C2C(C)C(C)C(C)C2C)c1.Oc1ccccc1.Oc1ccccc1.[CH3-].[CH3-].[Ti+2]. The van der Waals surface area contributed by atoms with Crippen LogP contribution in [0, 0.1) is 80.1 Å². The first-order valence-corrected chi connectivity index (χ1v) is 19.6. The van der Waals surface area contributed by atoms with Gasteiger partial charge in [0.05, 0.1) is 0 Å². The fraction of sp³-hybridized carbons (Fsp3) is 0.319. The van der Waals surface area contributed by atoms with Crippen molar-refractivity contribution in [3.8, 4) is 11.5 Å². The molecule has 4 heteroatoms. The summed E-state index contributed by atoms with van der Waals surface area (Å²) in [5.74, 6) is 3.47. The fourth-order valence-corrected chi connectivity index (χ4v) is 15.5. The van der Waals surface area contributed by atoms with Crippen LogP contribution in [0.25, 0.3) is 0 Å². The third-order valence-corrected chi connectivity index (χ3v) is 16.3. The van der Waals surface area contributed by atoms with E-state index in [1.807, 2.05) is 12.1 Å². The Labute approximate surface area is 327 Å². The van der Waals surface area contributed by atoms with Crippen molar-refractivity contribution in [2.75, 3.05) is 0 Å². The van der Waals surface area contributed by atoms with E-state index in [1.165, 1.54) is 33.4 Å². The van der Waals surface area contributed by atoms with Crippen molar-refractivity contribution in [1.29, 1.82) is 0 Å². The normalized spacial score (nSPS) is 19.1. The molecule has 4 unspecified atom stereocenters. The number of benzene rings is 5. The number of aryl methyl sites for hydroxylation is 6. The molecule has 0 aromatic heterocycles. The van der Waals surface area contributed by atoms with Crippen molar-refractivity contribution in [1.82, 2.24) is 0 Å². The van der Waals surface area contributed by atoms with E-state index < -0.39 is 8.07 Å². The molecular weight excluding hydrogens is 672 g/mol. The molecule has 270 valence electrons. The average molecular weight is 735 g/mol. The van der Waals surface area contributed by atoms with Gasteiger partial charge in [-0.1, -0.05) is 152 Å². The maximum atomic E-state index is 8.63. The molecule has 1 aliphatic rings. The van der Waals surface area contributed by atoms with Crippen molar-refractivity contribution in [2.45, 2.75) is 74.8 Å². The van der Waals surface area contributed by atoms with E-state index >= 15 is 0 Å². The van der Waals surface area contributed by atoms with Gasteiger partial charge in [0.1, 0.15) is 11.5 Å². The number of phenols is 2. The molecule has 6 rings (SSSR count). The van der Waals surface area contributed by atoms with Gasteiger partial charge in [0.25, 0.3) is 0 Å². The predicted octanol–water partition coefficient (Wildman–Crippen LogP) is 10.6. The van der Waals surface area contributed by atoms with Crippen molar-refractivity contribution in [3.05, 3.63) is 163 Å². The predicted molar refractivity (Wildman–Crippen MR) is 222 cm³/mol. The minimum absolute atomic E-state index is 0. The van der Waals surface area contributed by atoms with Crippen LogP contribution in [0.3, 0.4) is 0 Å². The maximum absolute atomic E-state index is 8.63. The second-order valence-electron chi connectivity index (χ2n) is 14.6. The van der Waals surface area contributed by atoms with E-state index in [-0.39, 0.29) is 36.6 Å². The van der Waals surface area contributed by atoms with Crippen LogP contribution < -0.4 is 15.6 Å². The molecule has 4 atom stereocenters. The molecule has 5 aromatic rings. The van der Waals surface area contributed by atoms with E-state index in [2.05, 4.69) is 124 Å². The molecule has 0 amide bonds. The number of aromatic hydroxyl groups is 2. The van der Waals surface area contributed by atoms with Crippen molar-refractivity contribution in [2.24, 2.45) is 23.7 Å². The van der Waals surface area contributed by atoms with Crippen LogP contribution in [0.2, 0.25) is 5.54 Å². The minimum atomic E-state index is -2.39. The zero-order chi connectivity index (χ0) is 35.2. The standard InChI is InChI=1S/C33H44Si.2C6H6O.2CH3.Ti/c1-20-11-21(2)15-30(14-20)34(31-16-22(3)12-23(4)17-31,32-18-24(5)13-25(6)19-32)33-28(9)26(7)27(8)29(33)10;2*7-6-4-2-1-3-5-6;;;/h11-19,26-29,33H,1-10H3;2*1-5,7H;2*1H3;/q;;;2*-1;+2. The summed E-state index contributed by atoms with van der Waals surface area (Å²) in [6.45, 7) is 23.8. The van der Waals surface area contributed by atoms with Gasteiger partial charge >= 0.3 is 21.7 Å². The van der Waals surface area contributed by atoms with Gasteiger partial charge < -0.3 is 25.1 Å². The number of para-hydroxylation sites is 2. The van der Waals surface area contributed by atoms with Gasteiger partial charge in [-0.25, -0.2) is 0 Å². The molecule has 0 spiro atoms. The van der Waals surface area contributed by atoms with Crippen LogP contribution in [0.4, 0.5) is 0 Å². The molecule has 51 heavy (non-hydrogen) atoms. The van der Waals surface area contributed by atoms with Gasteiger partial charge in [0.15, 0.2) is 8.07 Å². The van der Waals surface area contributed by atoms with E-state index in [9.17, 15) is 0 Å². The fourth-order valence-electron chi connectivity index (χ4n) is 8.42. The Morgan fingerprint density at radius 1 is 0.392 bits per heavy atom. The van der Waals surface area contributed by atoms with Crippen molar-refractivity contribution >= 4 is 23.6 Å². The summed E-state index contributed by atoms with van der Waals surface area (Å²) in [7, 11) is -2.39. The third-order valence-electron chi connectivity index (χ3n) is 10.7. The van der Waals surface area contributed by atoms with Gasteiger partial charge in [0.2, 0.25) is 0 Å². The molecule has 0 saturated heterocycles. The molecule has 0 radical (unpaired) electrons. The first-order chi connectivity index (χ1) is 22.7. The van der Waals surface area contributed by atoms with E-state index in [1.54, 1.807) is 64.1 Å². The molecule has 2 N–H and O–H groups in total. The summed E-state index contributed by atoms with van der Waals surface area (Å²) < 4.78 is 0. The largest absolute Gasteiger partial charge is 2.00 e. The quantitative estimate of drug-likeness (QED) is 0.110. The van der Waals surface area contributed by atoms with Gasteiger partial charge in [-0.05, 0) is 111 Å². The maximum Gasteiger partial charge on any atom is 2.00 e. The number of hydrogen-bond donors (Lipinski definition) is 2. The van der Waals surface area contributed by atoms with Crippen LogP contribution in [0.1, 0.15) is 61.1 Å². The Morgan fingerprint density at radius 2 is 0.627 bits per heavy atom. The van der Waals surface area contributed by atoms with Gasteiger partial charge in [-0.3, -0.25) is 0 Å². The third kappa shape index (κ3) is 10.8. The molecule has 1 fully saturated rings. The molecule has 5 aromatic carbocycles. The summed E-state index contributed by atoms with van der Waals surface area (Å²) in [5, 5.41) is 22.1. The van der Waals surface area contributed by atoms with Crippen LogP contribution in [0.15, 0.2) is 115 Å². The Morgan fingerprint density at radius 3 is 0.824 bits per heavy atom. The van der Waals surface area contributed by atoms with Crippen LogP contribution in [0.5, 0.6) is 11.5 Å². The zero-order valence-corrected chi connectivity index (χ0v) is 35.8. The molecule has 0 heterocycles. The average Bonchev–Trinajstić information content (AvgIpc) is 3.20. The first kappa shape index (κ1) is 45.7. The Kier molecular flexibility index (Phi) is 17.9. The molecule has 0 aliphatic heterocycles. The summed E-state index contributed by atoms with van der Waals surface area (Å²) in [6.07, 6.45) is 0. The molecular formula is C47H62O2SiTi. The number of phenolic OH excluding ortho intramolecular Hbond substituents is 2. The number of rotatable bonds is 4. The second-order valence-corrected chi connectivity index (χ2v) is 18.6. The van der Waals surface area contributed by atoms with Crippen molar-refractivity contribution in [3.63, 3.8) is 0 Å². The van der Waals surface area contributed by atoms with E-state index in [0.29, 0.717) is 28.9 Å². The molecule has 1 aliphatic carbocycles. The minimum Gasteiger partial charge on any atom is -0.508 e. The second kappa shape index (κ2) is 20.0. The van der Waals surface area contributed by atoms with E-state index in [0.717, 1.165) is 11.8 Å². The van der Waals surface area contributed by atoms with Crippen LogP contribution in [-0.4, -0.2) is 18.3 Å². The summed E-state index contributed by atoms with van der Waals surface area (Å²) in [6, 6.07) is 39.7. The molecule has 2 nitrogen and oxygen atoms in total. The van der Waals surface area contributed by atoms with Crippen molar-refractivity contribution < 1.29 is 31.9 Å².